The second-order valence-corrected chi connectivity index (χ2v) is 34.3. The molecular formula is C77H131NO8. The maximum Gasteiger partial charge on any atom is 0.306 e. The van der Waals surface area contributed by atoms with Crippen LogP contribution in [0, 0.1) is 43.3 Å². The summed E-state index contributed by atoms with van der Waals surface area (Å²) in [5, 5.41) is 0. The van der Waals surface area contributed by atoms with E-state index in [1.165, 1.54) is 0 Å². The number of anilines is 1. The summed E-state index contributed by atoms with van der Waals surface area (Å²) in [6, 6.07) is 24.6. The third-order valence-corrected chi connectivity index (χ3v) is 12.8. The number of carbonyl (C=O) groups is 6. The molecule has 3 rings (SSSR count). The van der Waals surface area contributed by atoms with E-state index in [2.05, 4.69) is 166 Å². The standard InChI is InChI=1S/C15H23NO.C14H20O2.C13H18O.2C12H24O.C11H22O2/c1-15(2,3)11-10-14(17)12-6-8-13(9-7-12)16(4)5;1-14(2,3)10-9-13(15)11-5-7-12(16-4)8-6-11;1-13(2,3)10-9-12(14)11-7-5-4-6-8-11;2*1-11(2,3)8-7-10(13)9-12(4,5)6;1-10(2,3)8-7-9(12)13-11(4,5)6/h6-9H,10-11H2,1-5H3;5-8H,9-10H2,1-4H3;4-8H,9-10H2,1-3H3;2*7-9H2,1-6H3;7-8H2,1-6H3. The smallest absolute Gasteiger partial charge is 0.306 e. The molecule has 0 saturated heterocycles. The van der Waals surface area contributed by atoms with Gasteiger partial charge in [0.1, 0.15) is 22.9 Å². The summed E-state index contributed by atoms with van der Waals surface area (Å²) in [6.45, 7) is 57.2. The molecule has 0 amide bonds. The highest BCUT2D eigenvalue weighted by Crippen LogP contribution is 2.29. The Labute approximate surface area is 529 Å². The molecule has 0 aliphatic heterocycles. The van der Waals surface area contributed by atoms with Crippen LogP contribution in [0.4, 0.5) is 5.69 Å². The second-order valence-electron chi connectivity index (χ2n) is 34.3. The van der Waals surface area contributed by atoms with Crippen molar-refractivity contribution >= 4 is 40.6 Å². The maximum absolute atomic E-state index is 12.0. The number of methoxy groups -OCH3 is 1. The Balaban J connectivity index is -0.000000965. The first-order valence-corrected chi connectivity index (χ1v) is 31.8. The van der Waals surface area contributed by atoms with E-state index in [4.69, 9.17) is 9.47 Å². The number of carbonyl (C=O) groups excluding carboxylic acids is 6. The van der Waals surface area contributed by atoms with Gasteiger partial charge in [-0.05, 0) is 151 Å². The van der Waals surface area contributed by atoms with Crippen LogP contribution in [-0.4, -0.2) is 61.7 Å². The minimum absolute atomic E-state index is 0.0950. The molecule has 3 aromatic rings. The minimum Gasteiger partial charge on any atom is -0.497 e. The van der Waals surface area contributed by atoms with Crippen molar-refractivity contribution in [3.63, 3.8) is 0 Å². The van der Waals surface area contributed by atoms with E-state index >= 15 is 0 Å². The first-order chi connectivity index (χ1) is 38.5. The van der Waals surface area contributed by atoms with E-state index in [0.717, 1.165) is 79.5 Å². The van der Waals surface area contributed by atoms with E-state index in [1.807, 2.05) is 119 Å². The number of Topliss-reactive ketones (excluding diaryl/α,β-unsaturated/α-hetero) is 5. The van der Waals surface area contributed by atoms with Crippen molar-refractivity contribution in [1.82, 2.24) is 0 Å². The highest BCUT2D eigenvalue weighted by molar-refractivity contribution is 5.97. The number of hydrogen-bond donors (Lipinski definition) is 0. The van der Waals surface area contributed by atoms with E-state index < -0.39 is 0 Å². The van der Waals surface area contributed by atoms with Gasteiger partial charge in [-0.25, -0.2) is 0 Å². The fourth-order valence-corrected chi connectivity index (χ4v) is 7.50. The van der Waals surface area contributed by atoms with Crippen molar-refractivity contribution in [2.45, 2.75) is 282 Å². The topological polar surface area (TPSA) is 124 Å². The van der Waals surface area contributed by atoms with Crippen LogP contribution < -0.4 is 9.64 Å². The Morgan fingerprint density at radius 3 is 0.860 bits per heavy atom. The molecule has 0 unspecified atom stereocenters. The average Bonchev–Trinajstić information content (AvgIpc) is 3.57. The summed E-state index contributed by atoms with van der Waals surface area (Å²) >= 11 is 0. The maximum atomic E-state index is 12.0. The van der Waals surface area contributed by atoms with Gasteiger partial charge < -0.3 is 14.4 Å². The number of ether oxygens (including phenoxy) is 2. The monoisotopic (exact) mass is 1200 g/mol. The van der Waals surface area contributed by atoms with Crippen molar-refractivity contribution in [3.8, 4) is 5.75 Å². The van der Waals surface area contributed by atoms with Gasteiger partial charge in [0.05, 0.1) is 7.11 Å². The molecule has 9 nitrogen and oxygen atoms in total. The molecule has 3 aromatic carbocycles. The van der Waals surface area contributed by atoms with Crippen LogP contribution in [0.25, 0.3) is 0 Å². The van der Waals surface area contributed by atoms with Crippen LogP contribution in [-0.2, 0) is 19.1 Å². The number of rotatable bonds is 19. The lowest BCUT2D eigenvalue weighted by atomic mass is 9.85. The molecule has 0 radical (unpaired) electrons. The molecule has 0 fully saturated rings. The molecule has 0 N–H and O–H groups in total. The van der Waals surface area contributed by atoms with Gasteiger partial charge in [-0.2, -0.15) is 0 Å². The number of ketones is 5. The molecule has 86 heavy (non-hydrogen) atoms. The van der Waals surface area contributed by atoms with Gasteiger partial charge in [0.25, 0.3) is 0 Å². The van der Waals surface area contributed by atoms with Gasteiger partial charge in [0.2, 0.25) is 0 Å². The zero-order chi connectivity index (χ0) is 67.9. The largest absolute Gasteiger partial charge is 0.497 e. The van der Waals surface area contributed by atoms with Gasteiger partial charge in [-0.3, -0.25) is 28.8 Å². The van der Waals surface area contributed by atoms with Gasteiger partial charge in [-0.15, -0.1) is 0 Å². The van der Waals surface area contributed by atoms with Crippen LogP contribution in [0.3, 0.4) is 0 Å². The molecule has 9 heteroatoms. The van der Waals surface area contributed by atoms with Gasteiger partial charge in [0, 0.05) is 87.8 Å². The highest BCUT2D eigenvalue weighted by Gasteiger charge is 2.22. The summed E-state index contributed by atoms with van der Waals surface area (Å²) in [6.07, 6.45) is 11.0. The molecule has 0 spiro atoms. The molecular weight excluding hydrogens is 1070 g/mol. The first-order valence-electron chi connectivity index (χ1n) is 31.8. The van der Waals surface area contributed by atoms with Crippen molar-refractivity contribution in [2.24, 2.45) is 43.3 Å². The third kappa shape index (κ3) is 56.9. The number of benzene rings is 3. The zero-order valence-corrected chi connectivity index (χ0v) is 61.1. The Bertz CT molecular complexity index is 2280. The normalized spacial score (nSPS) is 12.1. The molecule has 0 saturated carbocycles. The summed E-state index contributed by atoms with van der Waals surface area (Å²) in [7, 11) is 5.61. The zero-order valence-electron chi connectivity index (χ0n) is 61.1. The molecule has 492 valence electrons. The Kier molecular flexibility index (Phi) is 38.2. The molecule has 0 aliphatic rings. The van der Waals surface area contributed by atoms with E-state index in [1.54, 1.807) is 7.11 Å². The minimum atomic E-state index is -0.352. The lowest BCUT2D eigenvalue weighted by Crippen LogP contribution is -2.24. The third-order valence-electron chi connectivity index (χ3n) is 12.8. The van der Waals surface area contributed by atoms with Crippen LogP contribution in [0.5, 0.6) is 5.75 Å². The number of esters is 1. The Morgan fingerprint density at radius 2 is 0.605 bits per heavy atom. The van der Waals surface area contributed by atoms with Gasteiger partial charge in [-0.1, -0.05) is 197 Å². The molecule has 0 heterocycles. The van der Waals surface area contributed by atoms with E-state index in [0.29, 0.717) is 50.1 Å². The quantitative estimate of drug-likeness (QED) is 0.0852. The van der Waals surface area contributed by atoms with Crippen molar-refractivity contribution in [3.05, 3.63) is 95.6 Å². The molecule has 0 bridgehead atoms. The molecule has 0 aromatic heterocycles. The van der Waals surface area contributed by atoms with Crippen LogP contribution >= 0.6 is 0 Å². The number of hydrogen-bond acceptors (Lipinski definition) is 9. The lowest BCUT2D eigenvalue weighted by molar-refractivity contribution is -0.155. The summed E-state index contributed by atoms with van der Waals surface area (Å²) in [5.41, 5.74) is 4.93. The number of nitrogens with zero attached hydrogens (tertiary/aromatic N) is 1. The van der Waals surface area contributed by atoms with Gasteiger partial charge in [0.15, 0.2) is 17.3 Å². The highest BCUT2D eigenvalue weighted by atomic mass is 16.6. The summed E-state index contributed by atoms with van der Waals surface area (Å²) < 4.78 is 10.2. The SMILES string of the molecule is CC(C)(C)CCC(=O)CC(C)(C)C.CC(C)(C)CCC(=O)CC(C)(C)C.CC(C)(C)CCC(=O)OC(C)(C)C.CC(C)(C)CCC(=O)c1ccccc1.CN(C)c1ccc(C(=O)CCC(C)(C)C)cc1.COc1ccc(C(=O)CCC(C)(C)C)cc1. The molecule has 0 atom stereocenters. The van der Waals surface area contributed by atoms with Gasteiger partial charge >= 0.3 is 5.97 Å². The fraction of sp³-hybridized carbons (Fsp3) is 0.688. The van der Waals surface area contributed by atoms with Crippen molar-refractivity contribution < 1.29 is 38.2 Å². The predicted octanol–water partition coefficient (Wildman–Crippen LogP) is 22.0. The first kappa shape index (κ1) is 85.3. The van der Waals surface area contributed by atoms with Crippen molar-refractivity contribution in [2.75, 3.05) is 26.1 Å². The van der Waals surface area contributed by atoms with Crippen LogP contribution in [0.2, 0.25) is 0 Å². The average molecular weight is 1200 g/mol. The fourth-order valence-electron chi connectivity index (χ4n) is 7.50. The molecule has 0 aliphatic carbocycles. The second kappa shape index (κ2) is 38.5. The predicted molar refractivity (Wildman–Crippen MR) is 369 cm³/mol. The Hall–Kier alpha value is -4.92. The Morgan fingerprint density at radius 1 is 0.337 bits per heavy atom. The van der Waals surface area contributed by atoms with E-state index in [9.17, 15) is 28.8 Å². The summed E-state index contributed by atoms with van der Waals surface area (Å²) in [4.78, 5) is 71.8. The summed E-state index contributed by atoms with van der Waals surface area (Å²) in [5.74, 6) is 2.20. The van der Waals surface area contributed by atoms with E-state index in [-0.39, 0.29) is 72.2 Å². The lowest BCUT2D eigenvalue weighted by Gasteiger charge is -2.22. The van der Waals surface area contributed by atoms with Crippen molar-refractivity contribution in [1.29, 1.82) is 0 Å². The van der Waals surface area contributed by atoms with Crippen LogP contribution in [0.15, 0.2) is 78.9 Å². The van der Waals surface area contributed by atoms with Crippen LogP contribution in [0.1, 0.15) is 308 Å².